The maximum atomic E-state index is 12.2. The molecule has 1 N–H and O–H groups in total. The van der Waals surface area contributed by atoms with Crippen molar-refractivity contribution in [3.8, 4) is 0 Å². The van der Waals surface area contributed by atoms with Gasteiger partial charge in [0.2, 0.25) is 0 Å². The van der Waals surface area contributed by atoms with Gasteiger partial charge in [-0.2, -0.15) is 0 Å². The topological polar surface area (TPSA) is 29.1 Å². The monoisotopic (exact) mass is 299 g/mol. The molecule has 0 aromatic heterocycles. The highest BCUT2D eigenvalue weighted by Gasteiger charge is 2.15. The van der Waals surface area contributed by atoms with Gasteiger partial charge in [0, 0.05) is 11.6 Å². The average Bonchev–Trinajstić information content (AvgIpc) is 2.35. The average molecular weight is 300 g/mol. The van der Waals surface area contributed by atoms with Gasteiger partial charge in [-0.25, -0.2) is 0 Å². The number of hydrogen-bond acceptors (Lipinski definition) is 1. The molecule has 0 spiro atoms. The Morgan fingerprint density at radius 2 is 1.63 bits per heavy atom. The van der Waals surface area contributed by atoms with E-state index in [1.54, 1.807) is 18.2 Å². The van der Waals surface area contributed by atoms with Crippen molar-refractivity contribution in [2.24, 2.45) is 0 Å². The minimum Gasteiger partial charge on any atom is -0.349 e. The zero-order valence-electron chi connectivity index (χ0n) is 10.9. The summed E-state index contributed by atoms with van der Waals surface area (Å²) in [7, 11) is 0. The molecule has 1 fully saturated rings. The quantitative estimate of drug-likeness (QED) is 0.832. The van der Waals surface area contributed by atoms with Crippen LogP contribution in [0.1, 0.15) is 55.3 Å². The van der Waals surface area contributed by atoms with E-state index >= 15 is 0 Å². The summed E-state index contributed by atoms with van der Waals surface area (Å²) in [4.78, 5) is 12.2. The first-order chi connectivity index (χ1) is 9.16. The molecule has 1 amide bonds. The van der Waals surface area contributed by atoms with Crippen LogP contribution in [0.15, 0.2) is 18.2 Å². The van der Waals surface area contributed by atoms with Crippen LogP contribution in [0.2, 0.25) is 10.0 Å². The molecule has 2 rings (SSSR count). The first-order valence-electron chi connectivity index (χ1n) is 6.93. The van der Waals surface area contributed by atoms with Gasteiger partial charge >= 0.3 is 0 Å². The van der Waals surface area contributed by atoms with E-state index in [2.05, 4.69) is 5.32 Å². The fraction of sp³-hybridized carbons (Fsp3) is 0.533. The molecule has 1 aromatic rings. The fourth-order valence-electron chi connectivity index (χ4n) is 2.51. The molecular weight excluding hydrogens is 281 g/mol. The first kappa shape index (κ1) is 14.7. The molecule has 1 saturated carbocycles. The molecule has 19 heavy (non-hydrogen) atoms. The van der Waals surface area contributed by atoms with Gasteiger partial charge in [0.1, 0.15) is 0 Å². The maximum absolute atomic E-state index is 12.2. The Morgan fingerprint density at radius 3 is 2.26 bits per heavy atom. The second-order valence-corrected chi connectivity index (χ2v) is 5.96. The maximum Gasteiger partial charge on any atom is 0.251 e. The van der Waals surface area contributed by atoms with Crippen molar-refractivity contribution in [1.82, 2.24) is 5.32 Å². The Morgan fingerprint density at radius 1 is 1.00 bits per heavy atom. The molecule has 1 aliphatic carbocycles. The lowest BCUT2D eigenvalue weighted by molar-refractivity contribution is 0.0930. The van der Waals surface area contributed by atoms with Crippen LogP contribution in [0.25, 0.3) is 0 Å². The van der Waals surface area contributed by atoms with Gasteiger partial charge < -0.3 is 5.32 Å². The van der Waals surface area contributed by atoms with E-state index in [4.69, 9.17) is 23.2 Å². The Balaban J connectivity index is 1.96. The number of carbonyl (C=O) groups excluding carboxylic acids is 1. The minimum atomic E-state index is -0.0517. The molecule has 0 heterocycles. The molecule has 0 radical (unpaired) electrons. The number of hydrogen-bond donors (Lipinski definition) is 1. The molecule has 104 valence electrons. The Kier molecular flexibility index (Phi) is 5.53. The zero-order valence-corrected chi connectivity index (χ0v) is 12.4. The molecular formula is C15H19Cl2NO. The van der Waals surface area contributed by atoms with E-state index in [0.29, 0.717) is 21.7 Å². The van der Waals surface area contributed by atoms with Gasteiger partial charge in [-0.15, -0.1) is 0 Å². The van der Waals surface area contributed by atoms with E-state index in [9.17, 15) is 4.79 Å². The zero-order chi connectivity index (χ0) is 13.7. The Labute approximate surface area is 124 Å². The smallest absolute Gasteiger partial charge is 0.251 e. The number of nitrogens with one attached hydrogen (secondary N) is 1. The Hall–Kier alpha value is -0.730. The molecule has 1 aliphatic rings. The number of halogens is 2. The van der Waals surface area contributed by atoms with Crippen molar-refractivity contribution in [2.75, 3.05) is 0 Å². The van der Waals surface area contributed by atoms with E-state index in [-0.39, 0.29) is 5.91 Å². The third kappa shape index (κ3) is 4.39. The van der Waals surface area contributed by atoms with Gasteiger partial charge in [-0.1, -0.05) is 55.3 Å². The summed E-state index contributed by atoms with van der Waals surface area (Å²) in [6, 6.07) is 5.30. The lowest BCUT2D eigenvalue weighted by Crippen LogP contribution is -2.35. The highest BCUT2D eigenvalue weighted by Crippen LogP contribution is 2.23. The number of rotatable bonds is 2. The van der Waals surface area contributed by atoms with Gasteiger partial charge in [-0.3, -0.25) is 4.79 Å². The van der Waals surface area contributed by atoms with Gasteiger partial charge in [-0.05, 0) is 31.0 Å². The van der Waals surface area contributed by atoms with Crippen molar-refractivity contribution in [3.63, 3.8) is 0 Å². The molecule has 4 heteroatoms. The highest BCUT2D eigenvalue weighted by molar-refractivity contribution is 6.42. The predicted octanol–water partition coefficient (Wildman–Crippen LogP) is 4.84. The third-order valence-corrected chi connectivity index (χ3v) is 4.36. The highest BCUT2D eigenvalue weighted by atomic mass is 35.5. The van der Waals surface area contributed by atoms with Crippen molar-refractivity contribution in [1.29, 1.82) is 0 Å². The molecule has 0 bridgehead atoms. The van der Waals surface area contributed by atoms with Crippen LogP contribution in [0.3, 0.4) is 0 Å². The second kappa shape index (κ2) is 7.16. The number of carbonyl (C=O) groups is 1. The first-order valence-corrected chi connectivity index (χ1v) is 7.68. The van der Waals surface area contributed by atoms with Crippen LogP contribution < -0.4 is 5.32 Å². The largest absolute Gasteiger partial charge is 0.349 e. The summed E-state index contributed by atoms with van der Waals surface area (Å²) >= 11 is 11.8. The van der Waals surface area contributed by atoms with E-state index < -0.39 is 0 Å². The summed E-state index contributed by atoms with van der Waals surface area (Å²) in [5, 5.41) is 4.01. The molecule has 0 saturated heterocycles. The van der Waals surface area contributed by atoms with Crippen LogP contribution >= 0.6 is 23.2 Å². The number of amides is 1. The molecule has 0 aliphatic heterocycles. The van der Waals surface area contributed by atoms with Gasteiger partial charge in [0.05, 0.1) is 10.0 Å². The van der Waals surface area contributed by atoms with Crippen LogP contribution in [0.5, 0.6) is 0 Å². The molecule has 0 atom stereocenters. The van der Waals surface area contributed by atoms with Gasteiger partial charge in [0.15, 0.2) is 0 Å². The van der Waals surface area contributed by atoms with Crippen molar-refractivity contribution < 1.29 is 4.79 Å². The standard InChI is InChI=1S/C15H19Cl2NO/c16-13-9-8-11(10-14(13)17)15(19)18-12-6-4-2-1-3-5-7-12/h8-10,12H,1-7H2,(H,18,19). The van der Waals surface area contributed by atoms with E-state index in [0.717, 1.165) is 12.8 Å². The molecule has 0 unspecified atom stereocenters. The van der Waals surface area contributed by atoms with E-state index in [1.165, 1.54) is 32.1 Å². The fourth-order valence-corrected chi connectivity index (χ4v) is 2.80. The van der Waals surface area contributed by atoms with Crippen LogP contribution in [0, 0.1) is 0 Å². The van der Waals surface area contributed by atoms with Crippen LogP contribution in [-0.4, -0.2) is 11.9 Å². The number of benzene rings is 1. The SMILES string of the molecule is O=C(NC1CCCCCCC1)c1ccc(Cl)c(Cl)c1. The summed E-state index contributed by atoms with van der Waals surface area (Å²) in [6.45, 7) is 0. The summed E-state index contributed by atoms with van der Waals surface area (Å²) < 4.78 is 0. The lowest BCUT2D eigenvalue weighted by atomic mass is 9.96. The van der Waals surface area contributed by atoms with Gasteiger partial charge in [0.25, 0.3) is 5.91 Å². The predicted molar refractivity (Wildman–Crippen MR) is 80.0 cm³/mol. The summed E-state index contributed by atoms with van der Waals surface area (Å²) in [5.41, 5.74) is 0.580. The second-order valence-electron chi connectivity index (χ2n) is 5.14. The normalized spacial score (nSPS) is 17.6. The van der Waals surface area contributed by atoms with Crippen molar-refractivity contribution >= 4 is 29.1 Å². The van der Waals surface area contributed by atoms with Crippen LogP contribution in [0.4, 0.5) is 0 Å². The summed E-state index contributed by atoms with van der Waals surface area (Å²) in [5.74, 6) is -0.0517. The van der Waals surface area contributed by atoms with Crippen molar-refractivity contribution in [3.05, 3.63) is 33.8 Å². The third-order valence-electron chi connectivity index (χ3n) is 3.62. The lowest BCUT2D eigenvalue weighted by Gasteiger charge is -2.21. The van der Waals surface area contributed by atoms with E-state index in [1.807, 2.05) is 0 Å². The molecule has 2 nitrogen and oxygen atoms in total. The minimum absolute atomic E-state index is 0.0517. The molecule has 1 aromatic carbocycles. The van der Waals surface area contributed by atoms with Crippen LogP contribution in [-0.2, 0) is 0 Å². The Bertz CT molecular complexity index is 440. The summed E-state index contributed by atoms with van der Waals surface area (Å²) in [6.07, 6.45) is 8.44. The van der Waals surface area contributed by atoms with Crippen molar-refractivity contribution in [2.45, 2.75) is 51.0 Å².